The second kappa shape index (κ2) is 8.93. The molecule has 0 radical (unpaired) electrons. The Labute approximate surface area is 150 Å². The molecule has 0 bridgehead atoms. The van der Waals surface area contributed by atoms with Gasteiger partial charge in [-0.3, -0.25) is 0 Å². The third-order valence-electron chi connectivity index (χ3n) is 2.85. The van der Waals surface area contributed by atoms with Gasteiger partial charge in [-0.25, -0.2) is 8.78 Å². The van der Waals surface area contributed by atoms with Crippen molar-refractivity contribution in [2.45, 2.75) is 12.4 Å². The molecule has 0 saturated carbocycles. The molecule has 2 aromatic rings. The maximum absolute atomic E-state index is 12.8. The zero-order valence-corrected chi connectivity index (χ0v) is 13.2. The molecular weight excluding hydrogens is 404 g/mol. The summed E-state index contributed by atoms with van der Waals surface area (Å²) < 4.78 is 97.7. The highest BCUT2D eigenvalue weighted by Gasteiger charge is 2.31. The van der Waals surface area contributed by atoms with Gasteiger partial charge < -0.3 is 0 Å². The van der Waals surface area contributed by atoms with Gasteiger partial charge in [0.05, 0.1) is 22.5 Å². The minimum atomic E-state index is -4.60. The minimum absolute atomic E-state index is 0.282. The maximum Gasteiger partial charge on any atom is 0.416 e. The van der Waals surface area contributed by atoms with Crippen molar-refractivity contribution in [1.82, 2.24) is 0 Å². The first-order chi connectivity index (χ1) is 12.9. The summed E-state index contributed by atoms with van der Waals surface area (Å²) in [5, 5.41) is 5.74. The van der Waals surface area contributed by atoms with Gasteiger partial charge in [0.1, 0.15) is 11.6 Å². The Morgan fingerprint density at radius 2 is 0.964 bits per heavy atom. The van der Waals surface area contributed by atoms with Crippen LogP contribution in [0.1, 0.15) is 11.1 Å². The van der Waals surface area contributed by atoms with Crippen molar-refractivity contribution < 1.29 is 35.1 Å². The molecule has 0 aromatic heterocycles. The Kier molecular flexibility index (Phi) is 7.19. The molecule has 2 aromatic carbocycles. The number of alkyl halides is 6. The predicted octanol–water partition coefficient (Wildman–Crippen LogP) is 7.57. The van der Waals surface area contributed by atoms with Crippen LogP contribution in [0.4, 0.5) is 46.5 Å². The lowest BCUT2D eigenvalue weighted by Crippen LogP contribution is -2.04. The van der Waals surface area contributed by atoms with Gasteiger partial charge in [0, 0.05) is 9.82 Å². The topological polar surface area (TPSA) is 97.5 Å². The van der Waals surface area contributed by atoms with Gasteiger partial charge in [-0.15, -0.1) is 0 Å². The van der Waals surface area contributed by atoms with E-state index in [1.807, 2.05) is 0 Å². The Morgan fingerprint density at radius 1 is 0.643 bits per heavy atom. The number of azide groups is 2. The summed E-state index contributed by atoms with van der Waals surface area (Å²) in [4.78, 5) is 4.52. The third-order valence-corrected chi connectivity index (χ3v) is 2.85. The van der Waals surface area contributed by atoms with Crippen LogP contribution in [0.25, 0.3) is 20.9 Å². The smallest absolute Gasteiger partial charge is 0.206 e. The highest BCUT2D eigenvalue weighted by atomic mass is 19.4. The van der Waals surface area contributed by atoms with Crippen LogP contribution in [-0.2, 0) is 12.4 Å². The highest BCUT2D eigenvalue weighted by Crippen LogP contribution is 2.32. The van der Waals surface area contributed by atoms with E-state index in [1.165, 1.54) is 0 Å². The molecule has 14 heteroatoms. The lowest BCUT2D eigenvalue weighted by Gasteiger charge is -2.06. The van der Waals surface area contributed by atoms with Crippen molar-refractivity contribution in [3.63, 3.8) is 0 Å². The normalized spacial score (nSPS) is 10.9. The fourth-order valence-corrected chi connectivity index (χ4v) is 1.63. The molecule has 0 saturated heterocycles. The van der Waals surface area contributed by atoms with Crippen molar-refractivity contribution in [3.8, 4) is 0 Å². The Balaban J connectivity index is 0.000000280. The second-order valence-corrected chi connectivity index (χ2v) is 4.71. The number of hydrogen-bond acceptors (Lipinski definition) is 2. The van der Waals surface area contributed by atoms with Crippen LogP contribution in [0.2, 0.25) is 0 Å². The molecule has 0 aliphatic rings. The van der Waals surface area contributed by atoms with Gasteiger partial charge in [0.25, 0.3) is 0 Å². The number of halogens is 8. The molecule has 0 atom stereocenters. The summed E-state index contributed by atoms with van der Waals surface area (Å²) in [5.74, 6) is -2.39. The quantitative estimate of drug-likeness (QED) is 0.211. The zero-order chi connectivity index (χ0) is 21.5. The van der Waals surface area contributed by atoms with E-state index in [-0.39, 0.29) is 12.1 Å². The maximum atomic E-state index is 12.8. The van der Waals surface area contributed by atoms with E-state index in [9.17, 15) is 35.1 Å². The SMILES string of the molecule is [N-]=[N+]=Nc1ccc(C(F)(F)F)cc1F.[N-]=[N+]=Nc1ccc(C(F)(F)F)cc1F. The average molecular weight is 410 g/mol. The van der Waals surface area contributed by atoms with E-state index in [2.05, 4.69) is 20.1 Å². The molecular formula is C14H6F8N6. The lowest BCUT2D eigenvalue weighted by molar-refractivity contribution is -0.138. The van der Waals surface area contributed by atoms with Gasteiger partial charge >= 0.3 is 12.4 Å². The summed E-state index contributed by atoms with van der Waals surface area (Å²) in [6.07, 6.45) is -9.20. The fourth-order valence-electron chi connectivity index (χ4n) is 1.63. The van der Waals surface area contributed by atoms with Gasteiger partial charge in [-0.1, -0.05) is 10.2 Å². The van der Waals surface area contributed by atoms with Crippen LogP contribution in [0, 0.1) is 11.6 Å². The molecule has 0 N–H and O–H groups in total. The summed E-state index contributed by atoms with van der Waals surface area (Å²) in [7, 11) is 0. The summed E-state index contributed by atoms with van der Waals surface area (Å²) >= 11 is 0. The Morgan fingerprint density at radius 3 is 1.18 bits per heavy atom. The number of rotatable bonds is 2. The molecule has 0 amide bonds. The molecule has 28 heavy (non-hydrogen) atoms. The van der Waals surface area contributed by atoms with E-state index in [4.69, 9.17) is 11.1 Å². The molecule has 6 nitrogen and oxygen atoms in total. The van der Waals surface area contributed by atoms with Crippen molar-refractivity contribution >= 4 is 11.4 Å². The van der Waals surface area contributed by atoms with Gasteiger partial charge in [0.15, 0.2) is 0 Å². The molecule has 2 rings (SSSR count). The first kappa shape index (κ1) is 22.5. The Hall–Kier alpha value is -3.50. The summed E-state index contributed by atoms with van der Waals surface area (Å²) in [5.41, 5.74) is 12.7. The molecule has 148 valence electrons. The average Bonchev–Trinajstić information content (AvgIpc) is 2.57. The molecule has 0 aliphatic carbocycles. The van der Waals surface area contributed by atoms with Gasteiger partial charge in [-0.05, 0) is 47.5 Å². The van der Waals surface area contributed by atoms with Crippen LogP contribution >= 0.6 is 0 Å². The van der Waals surface area contributed by atoms with Gasteiger partial charge in [-0.2, -0.15) is 26.3 Å². The fraction of sp³-hybridized carbons (Fsp3) is 0.143. The first-order valence-corrected chi connectivity index (χ1v) is 6.74. The van der Waals surface area contributed by atoms with Crippen LogP contribution in [0.3, 0.4) is 0 Å². The van der Waals surface area contributed by atoms with E-state index < -0.39 is 46.5 Å². The van der Waals surface area contributed by atoms with E-state index in [0.717, 1.165) is 12.1 Å². The van der Waals surface area contributed by atoms with Crippen LogP contribution in [0.5, 0.6) is 0 Å². The summed E-state index contributed by atoms with van der Waals surface area (Å²) in [6, 6.07) is 3.41. The van der Waals surface area contributed by atoms with Gasteiger partial charge in [0.2, 0.25) is 0 Å². The standard InChI is InChI=1S/2C7H3F4N3/c2*8-5-3-4(7(9,10)11)1-2-6(5)13-14-12/h2*1-3H. The third kappa shape index (κ3) is 6.34. The Bertz CT molecular complexity index is 862. The second-order valence-electron chi connectivity index (χ2n) is 4.71. The van der Waals surface area contributed by atoms with Crippen LogP contribution < -0.4 is 0 Å². The van der Waals surface area contributed by atoms with Crippen LogP contribution in [-0.4, -0.2) is 0 Å². The van der Waals surface area contributed by atoms with Crippen molar-refractivity contribution in [1.29, 1.82) is 0 Å². The minimum Gasteiger partial charge on any atom is -0.206 e. The van der Waals surface area contributed by atoms with Crippen molar-refractivity contribution in [2.75, 3.05) is 0 Å². The molecule has 0 fully saturated rings. The number of nitrogens with zero attached hydrogens (tertiary/aromatic N) is 6. The largest absolute Gasteiger partial charge is 0.416 e. The molecule has 0 aliphatic heterocycles. The van der Waals surface area contributed by atoms with Crippen molar-refractivity contribution in [2.24, 2.45) is 10.2 Å². The predicted molar refractivity (Wildman–Crippen MR) is 80.4 cm³/mol. The molecule has 0 unspecified atom stereocenters. The van der Waals surface area contributed by atoms with E-state index in [0.29, 0.717) is 12.1 Å². The number of benzene rings is 2. The van der Waals surface area contributed by atoms with E-state index in [1.54, 1.807) is 0 Å². The molecule has 0 spiro atoms. The first-order valence-electron chi connectivity index (χ1n) is 6.74. The number of hydrogen-bond donors (Lipinski definition) is 0. The van der Waals surface area contributed by atoms with E-state index >= 15 is 0 Å². The highest BCUT2D eigenvalue weighted by molar-refractivity contribution is 5.42. The monoisotopic (exact) mass is 410 g/mol. The molecule has 0 heterocycles. The lowest BCUT2D eigenvalue weighted by atomic mass is 10.2. The van der Waals surface area contributed by atoms with Crippen LogP contribution in [0.15, 0.2) is 46.6 Å². The summed E-state index contributed by atoms with van der Waals surface area (Å²) in [6.45, 7) is 0. The zero-order valence-electron chi connectivity index (χ0n) is 13.2. The van der Waals surface area contributed by atoms with Crippen molar-refractivity contribution in [3.05, 3.63) is 80.0 Å².